The standard InChI is InChI=1S/C26H38O3/c1-19(2)10-7-11-20(3)12-8-13-21-14-9-15-22(16-21)23-17-25(28-5)26(29-6)18-24(23)27-4/h10,12,14,17-18,22H,7-9,11,13,15-16H2,1-6H3/b20-12-. The van der Waals surface area contributed by atoms with E-state index in [1.807, 2.05) is 6.07 Å². The third kappa shape index (κ3) is 6.99. The molecule has 1 aromatic carbocycles. The molecule has 0 amide bonds. The molecule has 0 spiro atoms. The molecular weight excluding hydrogens is 360 g/mol. The molecule has 0 radical (unpaired) electrons. The van der Waals surface area contributed by atoms with Crippen LogP contribution in [0, 0.1) is 0 Å². The predicted octanol–water partition coefficient (Wildman–Crippen LogP) is 7.38. The summed E-state index contributed by atoms with van der Waals surface area (Å²) in [6.07, 6.45) is 15.1. The van der Waals surface area contributed by atoms with Crippen molar-refractivity contribution in [1.29, 1.82) is 0 Å². The number of methoxy groups -OCH3 is 3. The average Bonchev–Trinajstić information content (AvgIpc) is 2.72. The minimum Gasteiger partial charge on any atom is -0.496 e. The Morgan fingerprint density at radius 2 is 1.62 bits per heavy atom. The summed E-state index contributed by atoms with van der Waals surface area (Å²) < 4.78 is 16.6. The lowest BCUT2D eigenvalue weighted by Gasteiger charge is -2.25. The molecule has 0 aliphatic heterocycles. The Morgan fingerprint density at radius 1 is 0.931 bits per heavy atom. The number of hydrogen-bond acceptors (Lipinski definition) is 3. The number of benzene rings is 1. The second-order valence-corrected chi connectivity index (χ2v) is 8.20. The van der Waals surface area contributed by atoms with Crippen LogP contribution in [0.25, 0.3) is 0 Å². The highest BCUT2D eigenvalue weighted by atomic mass is 16.5. The van der Waals surface area contributed by atoms with E-state index in [1.54, 1.807) is 26.9 Å². The van der Waals surface area contributed by atoms with E-state index >= 15 is 0 Å². The van der Waals surface area contributed by atoms with Gasteiger partial charge in [0.15, 0.2) is 11.5 Å². The Kier molecular flexibility index (Phi) is 9.37. The van der Waals surface area contributed by atoms with Crippen LogP contribution in [0.5, 0.6) is 17.2 Å². The van der Waals surface area contributed by atoms with Crippen LogP contribution in [0.4, 0.5) is 0 Å². The van der Waals surface area contributed by atoms with Gasteiger partial charge in [-0.25, -0.2) is 0 Å². The Bertz CT molecular complexity index is 751. The van der Waals surface area contributed by atoms with Crippen molar-refractivity contribution in [2.45, 2.75) is 71.6 Å². The van der Waals surface area contributed by atoms with Crippen LogP contribution in [0.2, 0.25) is 0 Å². The molecule has 2 rings (SSSR count). The summed E-state index contributed by atoms with van der Waals surface area (Å²) >= 11 is 0. The lowest BCUT2D eigenvalue weighted by molar-refractivity contribution is 0.345. The number of ether oxygens (including phenoxy) is 3. The van der Waals surface area contributed by atoms with Crippen molar-refractivity contribution >= 4 is 0 Å². The first-order valence-electron chi connectivity index (χ1n) is 10.7. The van der Waals surface area contributed by atoms with Gasteiger partial charge in [0, 0.05) is 11.6 Å². The molecule has 1 atom stereocenters. The van der Waals surface area contributed by atoms with E-state index in [9.17, 15) is 0 Å². The minimum atomic E-state index is 0.465. The minimum absolute atomic E-state index is 0.465. The van der Waals surface area contributed by atoms with E-state index in [0.29, 0.717) is 11.7 Å². The first-order valence-corrected chi connectivity index (χ1v) is 10.7. The Hall–Kier alpha value is -2.16. The van der Waals surface area contributed by atoms with Gasteiger partial charge in [0.1, 0.15) is 5.75 Å². The van der Waals surface area contributed by atoms with Crippen LogP contribution in [0.1, 0.15) is 77.2 Å². The fraction of sp³-hybridized carbons (Fsp3) is 0.538. The number of hydrogen-bond donors (Lipinski definition) is 0. The molecule has 1 aliphatic carbocycles. The third-order valence-electron chi connectivity index (χ3n) is 5.68. The second kappa shape index (κ2) is 11.7. The molecule has 1 aromatic rings. The van der Waals surface area contributed by atoms with Gasteiger partial charge in [-0.15, -0.1) is 0 Å². The van der Waals surface area contributed by atoms with Gasteiger partial charge in [0.05, 0.1) is 21.3 Å². The van der Waals surface area contributed by atoms with Crippen LogP contribution < -0.4 is 14.2 Å². The zero-order valence-electron chi connectivity index (χ0n) is 19.1. The Balaban J connectivity index is 2.00. The lowest BCUT2D eigenvalue weighted by atomic mass is 9.82. The van der Waals surface area contributed by atoms with E-state index in [-0.39, 0.29) is 0 Å². The van der Waals surface area contributed by atoms with E-state index in [4.69, 9.17) is 14.2 Å². The fourth-order valence-corrected chi connectivity index (χ4v) is 4.03. The maximum Gasteiger partial charge on any atom is 0.164 e. The SMILES string of the molecule is COc1cc(OC)c(C2CCC=C(CC/C=C(/C)CCC=C(C)C)C2)cc1OC. The van der Waals surface area contributed by atoms with Crippen molar-refractivity contribution in [1.82, 2.24) is 0 Å². The molecule has 3 heteroatoms. The molecule has 0 saturated heterocycles. The highest BCUT2D eigenvalue weighted by molar-refractivity contribution is 5.52. The zero-order valence-corrected chi connectivity index (χ0v) is 19.1. The summed E-state index contributed by atoms with van der Waals surface area (Å²) in [5, 5.41) is 0. The van der Waals surface area contributed by atoms with Crippen molar-refractivity contribution in [3.8, 4) is 17.2 Å². The predicted molar refractivity (Wildman–Crippen MR) is 122 cm³/mol. The molecule has 0 N–H and O–H groups in total. The average molecular weight is 399 g/mol. The normalized spacial score (nSPS) is 16.8. The molecule has 29 heavy (non-hydrogen) atoms. The van der Waals surface area contributed by atoms with Crippen LogP contribution in [0.15, 0.2) is 47.1 Å². The molecule has 0 heterocycles. The lowest BCUT2D eigenvalue weighted by Crippen LogP contribution is -2.08. The van der Waals surface area contributed by atoms with Crippen molar-refractivity contribution in [2.24, 2.45) is 0 Å². The molecular formula is C26H38O3. The van der Waals surface area contributed by atoms with Gasteiger partial charge in [-0.1, -0.05) is 34.9 Å². The second-order valence-electron chi connectivity index (χ2n) is 8.20. The molecule has 1 aliphatic rings. The molecule has 160 valence electrons. The van der Waals surface area contributed by atoms with E-state index < -0.39 is 0 Å². The molecule has 3 nitrogen and oxygen atoms in total. The van der Waals surface area contributed by atoms with Gasteiger partial charge < -0.3 is 14.2 Å². The van der Waals surface area contributed by atoms with Gasteiger partial charge in [0.25, 0.3) is 0 Å². The van der Waals surface area contributed by atoms with Gasteiger partial charge in [-0.05, 0) is 77.7 Å². The van der Waals surface area contributed by atoms with E-state index in [0.717, 1.165) is 56.4 Å². The van der Waals surface area contributed by atoms with Gasteiger partial charge in [-0.2, -0.15) is 0 Å². The van der Waals surface area contributed by atoms with Gasteiger partial charge in [0.2, 0.25) is 0 Å². The molecule has 0 bridgehead atoms. The van der Waals surface area contributed by atoms with Gasteiger partial charge >= 0.3 is 0 Å². The van der Waals surface area contributed by atoms with Crippen LogP contribution in [-0.2, 0) is 0 Å². The summed E-state index contributed by atoms with van der Waals surface area (Å²) in [4.78, 5) is 0. The van der Waals surface area contributed by atoms with Crippen molar-refractivity contribution in [3.05, 3.63) is 52.6 Å². The van der Waals surface area contributed by atoms with Crippen LogP contribution >= 0.6 is 0 Å². The summed E-state index contributed by atoms with van der Waals surface area (Å²) in [6, 6.07) is 4.04. The number of rotatable bonds is 10. The maximum absolute atomic E-state index is 5.67. The van der Waals surface area contributed by atoms with E-state index in [1.165, 1.54) is 16.7 Å². The van der Waals surface area contributed by atoms with Gasteiger partial charge in [-0.3, -0.25) is 0 Å². The molecule has 0 fully saturated rings. The monoisotopic (exact) mass is 398 g/mol. The summed E-state index contributed by atoms with van der Waals surface area (Å²) in [5.41, 5.74) is 5.69. The zero-order chi connectivity index (χ0) is 21.2. The summed E-state index contributed by atoms with van der Waals surface area (Å²) in [6.45, 7) is 6.59. The van der Waals surface area contributed by atoms with E-state index in [2.05, 4.69) is 45.1 Å². The Labute approximate surface area is 177 Å². The quantitative estimate of drug-likeness (QED) is 0.385. The highest BCUT2D eigenvalue weighted by Crippen LogP contribution is 2.43. The first-order chi connectivity index (χ1) is 14.0. The van der Waals surface area contributed by atoms with Crippen molar-refractivity contribution < 1.29 is 14.2 Å². The summed E-state index contributed by atoms with van der Waals surface area (Å²) in [5.74, 6) is 2.85. The first kappa shape index (κ1) is 23.1. The smallest absolute Gasteiger partial charge is 0.164 e. The number of allylic oxidation sites excluding steroid dienone is 6. The fourth-order valence-electron chi connectivity index (χ4n) is 4.03. The van der Waals surface area contributed by atoms with Crippen LogP contribution in [0.3, 0.4) is 0 Å². The van der Waals surface area contributed by atoms with Crippen molar-refractivity contribution in [3.63, 3.8) is 0 Å². The topological polar surface area (TPSA) is 27.7 Å². The highest BCUT2D eigenvalue weighted by Gasteiger charge is 2.23. The maximum atomic E-state index is 5.67. The largest absolute Gasteiger partial charge is 0.496 e. The molecule has 0 aromatic heterocycles. The third-order valence-corrected chi connectivity index (χ3v) is 5.68. The van der Waals surface area contributed by atoms with Crippen molar-refractivity contribution in [2.75, 3.05) is 21.3 Å². The molecule has 0 saturated carbocycles. The molecule has 1 unspecified atom stereocenters. The van der Waals surface area contributed by atoms with Crippen LogP contribution in [-0.4, -0.2) is 21.3 Å². The summed E-state index contributed by atoms with van der Waals surface area (Å²) in [7, 11) is 5.08. The Morgan fingerprint density at radius 3 is 2.28 bits per heavy atom.